The molecule has 0 aliphatic heterocycles. The number of aromatic nitrogens is 1. The molecule has 2 rings (SSSR count). The number of hydrogen-bond donors (Lipinski definition) is 1. The van der Waals surface area contributed by atoms with Crippen LogP contribution in [0, 0.1) is 5.38 Å². The molecule has 1 radical (unpaired) electrons. The lowest BCUT2D eigenvalue weighted by Gasteiger charge is -2.02. The lowest BCUT2D eigenvalue weighted by atomic mass is 10.2. The minimum Gasteiger partial charge on any atom is -0.467 e. The van der Waals surface area contributed by atoms with Crippen LogP contribution in [0.1, 0.15) is 5.69 Å². The average Bonchev–Trinajstić information content (AvgIpc) is 2.70. The van der Waals surface area contributed by atoms with Crippen LogP contribution in [0.25, 0.3) is 10.9 Å². The van der Waals surface area contributed by atoms with Gasteiger partial charge >= 0.3 is 5.97 Å². The quantitative estimate of drug-likeness (QED) is 0.794. The maximum absolute atomic E-state index is 11.2. The molecule has 0 fully saturated rings. The first-order chi connectivity index (χ1) is 7.22. The summed E-state index contributed by atoms with van der Waals surface area (Å²) in [5.74, 6) is -0.539. The summed E-state index contributed by atoms with van der Waals surface area (Å²) in [4.78, 5) is 14.2. The molecule has 3 nitrogen and oxygen atoms in total. The van der Waals surface area contributed by atoms with Crippen molar-refractivity contribution in [3.8, 4) is 0 Å². The highest BCUT2D eigenvalue weighted by molar-refractivity contribution is 6.40. The molecule has 0 spiro atoms. The number of esters is 1. The fourth-order valence-corrected chi connectivity index (χ4v) is 1.57. The number of carbonyl (C=O) groups is 1. The van der Waals surface area contributed by atoms with Crippen molar-refractivity contribution in [3.05, 3.63) is 41.4 Å². The van der Waals surface area contributed by atoms with Crippen molar-refractivity contribution in [2.45, 2.75) is 0 Å². The number of methoxy groups -OCH3 is 1. The number of ether oxygens (including phenoxy) is 1. The van der Waals surface area contributed by atoms with Gasteiger partial charge in [-0.3, -0.25) is 0 Å². The Morgan fingerprint density at radius 2 is 2.13 bits per heavy atom. The Labute approximate surface area is 92.0 Å². The zero-order chi connectivity index (χ0) is 10.8. The number of hydrogen-bond acceptors (Lipinski definition) is 2. The van der Waals surface area contributed by atoms with Gasteiger partial charge in [-0.1, -0.05) is 29.8 Å². The largest absolute Gasteiger partial charge is 0.467 e. The second kappa shape index (κ2) is 3.95. The molecule has 0 aliphatic carbocycles. The van der Waals surface area contributed by atoms with Gasteiger partial charge < -0.3 is 9.72 Å². The maximum atomic E-state index is 11.2. The topological polar surface area (TPSA) is 42.1 Å². The highest BCUT2D eigenvalue weighted by Gasteiger charge is 2.21. The van der Waals surface area contributed by atoms with E-state index in [1.165, 1.54) is 7.11 Å². The van der Waals surface area contributed by atoms with Crippen molar-refractivity contribution >= 4 is 28.5 Å². The van der Waals surface area contributed by atoms with E-state index in [0.29, 0.717) is 5.69 Å². The lowest BCUT2D eigenvalue weighted by molar-refractivity contribution is -0.136. The molecule has 0 saturated heterocycles. The van der Waals surface area contributed by atoms with Crippen LogP contribution in [0.2, 0.25) is 0 Å². The predicted octanol–water partition coefficient (Wildman–Crippen LogP) is 2.46. The van der Waals surface area contributed by atoms with Crippen molar-refractivity contribution in [1.82, 2.24) is 4.98 Å². The summed E-state index contributed by atoms with van der Waals surface area (Å²) in [6, 6.07) is 9.51. The Bertz CT molecular complexity index is 459. The fraction of sp³-hybridized carbons (Fsp3) is 0.0909. The second-order valence-corrected chi connectivity index (χ2v) is 3.45. The SMILES string of the molecule is COC(=O)[C](Cl)c1cc2ccccc2[nH]1. The van der Waals surface area contributed by atoms with Crippen LogP contribution >= 0.6 is 11.6 Å². The molecular weight excluding hydrogens is 214 g/mol. The molecule has 0 atom stereocenters. The van der Waals surface area contributed by atoms with Gasteiger partial charge in [0.05, 0.1) is 12.8 Å². The van der Waals surface area contributed by atoms with Crippen LogP contribution in [0.15, 0.2) is 30.3 Å². The molecule has 4 heteroatoms. The highest BCUT2D eigenvalue weighted by atomic mass is 35.5. The third kappa shape index (κ3) is 1.83. The van der Waals surface area contributed by atoms with E-state index in [0.717, 1.165) is 10.9 Å². The fourth-order valence-electron chi connectivity index (χ4n) is 1.39. The molecule has 0 saturated carbocycles. The number of para-hydroxylation sites is 1. The number of aromatic amines is 1. The summed E-state index contributed by atoms with van der Waals surface area (Å²) in [7, 11) is 1.30. The van der Waals surface area contributed by atoms with Crippen molar-refractivity contribution in [2.75, 3.05) is 7.11 Å². The number of halogens is 1. The van der Waals surface area contributed by atoms with Crippen LogP contribution in [-0.4, -0.2) is 18.1 Å². The normalized spacial score (nSPS) is 10.9. The summed E-state index contributed by atoms with van der Waals surface area (Å²) < 4.78 is 4.53. The molecule has 1 heterocycles. The van der Waals surface area contributed by atoms with Gasteiger partial charge in [-0.2, -0.15) is 0 Å². The Morgan fingerprint density at radius 3 is 2.80 bits per heavy atom. The van der Waals surface area contributed by atoms with Gasteiger partial charge in [0.15, 0.2) is 0 Å². The van der Waals surface area contributed by atoms with Crippen molar-refractivity contribution in [1.29, 1.82) is 0 Å². The monoisotopic (exact) mass is 222 g/mol. The third-order valence-corrected chi connectivity index (χ3v) is 2.49. The molecule has 1 N–H and O–H groups in total. The zero-order valence-corrected chi connectivity index (χ0v) is 8.84. The van der Waals surface area contributed by atoms with Gasteiger partial charge in [0, 0.05) is 5.52 Å². The van der Waals surface area contributed by atoms with Crippen LogP contribution in [-0.2, 0) is 9.53 Å². The van der Waals surface area contributed by atoms with E-state index in [2.05, 4.69) is 9.72 Å². The highest BCUT2D eigenvalue weighted by Crippen LogP contribution is 2.24. The summed E-state index contributed by atoms with van der Waals surface area (Å²) in [6.45, 7) is 0. The summed E-state index contributed by atoms with van der Waals surface area (Å²) in [5.41, 5.74) is 1.51. The Balaban J connectivity index is 2.40. The first-order valence-corrected chi connectivity index (χ1v) is 4.79. The molecule has 0 aliphatic rings. The number of fused-ring (bicyclic) bond motifs is 1. The van der Waals surface area contributed by atoms with Gasteiger partial charge in [-0.05, 0) is 17.5 Å². The second-order valence-electron chi connectivity index (χ2n) is 3.08. The molecule has 1 aromatic heterocycles. The van der Waals surface area contributed by atoms with E-state index in [-0.39, 0.29) is 5.38 Å². The molecule has 0 bridgehead atoms. The zero-order valence-electron chi connectivity index (χ0n) is 8.08. The van der Waals surface area contributed by atoms with E-state index in [9.17, 15) is 4.79 Å². The molecule has 0 amide bonds. The first kappa shape index (κ1) is 10.1. The maximum Gasteiger partial charge on any atom is 0.336 e. The standard InChI is InChI=1S/C11H9ClNO2/c1-15-11(14)10(12)9-6-7-4-2-3-5-8(7)13-9/h2-6,13H,1H3. The smallest absolute Gasteiger partial charge is 0.336 e. The van der Waals surface area contributed by atoms with Gasteiger partial charge in [-0.15, -0.1) is 0 Å². The molecule has 1 aromatic carbocycles. The Kier molecular flexibility index (Phi) is 2.64. The van der Waals surface area contributed by atoms with Crippen molar-refractivity contribution in [2.24, 2.45) is 0 Å². The van der Waals surface area contributed by atoms with Crippen molar-refractivity contribution < 1.29 is 9.53 Å². The number of benzene rings is 1. The minimum atomic E-state index is -0.539. The first-order valence-electron chi connectivity index (χ1n) is 4.41. The molecular formula is C11H9ClNO2. The summed E-state index contributed by atoms with van der Waals surface area (Å²) in [5, 5.41) is 1.07. The number of H-pyrrole nitrogens is 1. The summed E-state index contributed by atoms with van der Waals surface area (Å²) >= 11 is 5.84. The predicted molar refractivity (Wildman–Crippen MR) is 58.5 cm³/mol. The number of carbonyl (C=O) groups excluding carboxylic acids is 1. The molecule has 0 unspecified atom stereocenters. The van der Waals surface area contributed by atoms with E-state index < -0.39 is 5.97 Å². The molecule has 77 valence electrons. The van der Waals surface area contributed by atoms with E-state index in [4.69, 9.17) is 11.6 Å². The Morgan fingerprint density at radius 1 is 1.40 bits per heavy atom. The van der Waals surface area contributed by atoms with E-state index in [1.54, 1.807) is 0 Å². The number of rotatable bonds is 2. The molecule has 2 aromatic rings. The van der Waals surface area contributed by atoms with Crippen LogP contribution in [0.5, 0.6) is 0 Å². The van der Waals surface area contributed by atoms with Crippen LogP contribution in [0.3, 0.4) is 0 Å². The van der Waals surface area contributed by atoms with E-state index >= 15 is 0 Å². The Hall–Kier alpha value is -1.48. The van der Waals surface area contributed by atoms with E-state index in [1.807, 2.05) is 30.3 Å². The third-order valence-electron chi connectivity index (χ3n) is 2.13. The van der Waals surface area contributed by atoms with Gasteiger partial charge in [-0.25, -0.2) is 4.79 Å². The van der Waals surface area contributed by atoms with Gasteiger partial charge in [0.1, 0.15) is 0 Å². The van der Waals surface area contributed by atoms with Gasteiger partial charge in [0.25, 0.3) is 0 Å². The van der Waals surface area contributed by atoms with Gasteiger partial charge in [0.2, 0.25) is 5.38 Å². The molecule has 15 heavy (non-hydrogen) atoms. The van der Waals surface area contributed by atoms with Crippen LogP contribution in [0.4, 0.5) is 0 Å². The lowest BCUT2D eigenvalue weighted by Crippen LogP contribution is -2.09. The average molecular weight is 223 g/mol. The van der Waals surface area contributed by atoms with Crippen LogP contribution < -0.4 is 0 Å². The minimum absolute atomic E-state index is 0.0636. The summed E-state index contributed by atoms with van der Waals surface area (Å²) in [6.07, 6.45) is 0. The number of nitrogens with one attached hydrogen (secondary N) is 1. The van der Waals surface area contributed by atoms with Crippen molar-refractivity contribution in [3.63, 3.8) is 0 Å².